The number of carbonyl (C=O) groups is 1. The number of alkyl halides is 3. The number of aliphatic carboxylic acids is 1. The number of halogens is 5. The Morgan fingerprint density at radius 2 is 1.78 bits per heavy atom. The fourth-order valence-corrected chi connectivity index (χ4v) is 0.464. The van der Waals surface area contributed by atoms with Crippen LogP contribution in [0.25, 0.3) is 0 Å². The van der Waals surface area contributed by atoms with Crippen LogP contribution in [0.3, 0.4) is 0 Å². The number of hydrogen-bond donors (Lipinski definition) is 3. The maximum atomic E-state index is 11.4. The predicted molar refractivity (Wildman–Crippen MR) is 48.3 cm³/mol. The van der Waals surface area contributed by atoms with Crippen molar-refractivity contribution in [2.24, 2.45) is 0 Å². The van der Waals surface area contributed by atoms with Crippen LogP contribution in [-0.2, 0) is 9.53 Å². The van der Waals surface area contributed by atoms with E-state index in [0.717, 1.165) is 0 Å². The van der Waals surface area contributed by atoms with Gasteiger partial charge in [-0.25, -0.2) is 10.3 Å². The Labute approximate surface area is 143 Å². The Morgan fingerprint density at radius 1 is 1.33 bits per heavy atom. The van der Waals surface area contributed by atoms with Crippen LogP contribution in [0.4, 0.5) is 21.8 Å². The molecule has 0 radical (unpaired) electrons. The molecule has 0 bridgehead atoms. The Balaban J connectivity index is -0.000000251. The van der Waals surface area contributed by atoms with Crippen molar-refractivity contribution in [1.82, 2.24) is 5.48 Å². The fourth-order valence-electron chi connectivity index (χ4n) is 0.464. The molecule has 0 rings (SSSR count). The second-order valence-electron chi connectivity index (χ2n) is 2.66. The molecular formula is C6H12BF5KNO4. The molecule has 0 aliphatic carbocycles. The number of rotatable bonds is 6. The van der Waals surface area contributed by atoms with Gasteiger partial charge in [0.05, 0.1) is 0 Å². The first kappa shape index (κ1) is 23.8. The molecule has 3 N–H and O–H groups in total. The van der Waals surface area contributed by atoms with Gasteiger partial charge in [0.25, 0.3) is 0 Å². The topological polar surface area (TPSA) is 78.8 Å². The molecule has 0 heterocycles. The number of hydrogen-bond acceptors (Lipinski definition) is 4. The monoisotopic (exact) mass is 307 g/mol. The van der Waals surface area contributed by atoms with E-state index >= 15 is 0 Å². The van der Waals surface area contributed by atoms with Crippen molar-refractivity contribution in [3.63, 3.8) is 0 Å². The molecule has 0 atom stereocenters. The van der Waals surface area contributed by atoms with Crippen LogP contribution in [0, 0.1) is 0 Å². The van der Waals surface area contributed by atoms with Gasteiger partial charge in [-0.3, -0.25) is 0 Å². The Hall–Kier alpha value is 0.701. The van der Waals surface area contributed by atoms with Crippen molar-refractivity contribution in [3.8, 4) is 0 Å². The van der Waals surface area contributed by atoms with Gasteiger partial charge in [-0.1, -0.05) is 0 Å². The van der Waals surface area contributed by atoms with Gasteiger partial charge in [0.2, 0.25) is 0 Å². The van der Waals surface area contributed by atoms with Crippen molar-refractivity contribution >= 4 is 13.2 Å². The Bertz CT molecular complexity index is 209. The molecule has 0 saturated heterocycles. The molecule has 0 aromatic carbocycles. The molecule has 12 heteroatoms. The summed E-state index contributed by atoms with van der Waals surface area (Å²) < 4.78 is 59.1. The summed E-state index contributed by atoms with van der Waals surface area (Å²) in [6.07, 6.45) is -4.54. The average molecular weight is 307 g/mol. The summed E-state index contributed by atoms with van der Waals surface area (Å²) in [4.78, 5) is 8.90. The first-order valence-electron chi connectivity index (χ1n) is 4.43. The van der Waals surface area contributed by atoms with Crippen molar-refractivity contribution in [1.29, 1.82) is 0 Å². The number of carboxylic acids is 1. The largest absolute Gasteiger partial charge is 1.00 e. The first-order valence-corrected chi connectivity index (χ1v) is 4.43. The smallest absolute Gasteiger partial charge is 0.478 e. The van der Waals surface area contributed by atoms with Gasteiger partial charge >= 0.3 is 70.8 Å². The van der Waals surface area contributed by atoms with E-state index in [-0.39, 0.29) is 58.0 Å². The van der Waals surface area contributed by atoms with Crippen LogP contribution in [0.1, 0.15) is 6.42 Å². The third kappa shape index (κ3) is 21.9. The number of nitrogens with one attached hydrogen (secondary N) is 1. The van der Waals surface area contributed by atoms with Gasteiger partial charge in [-0.05, 0) is 12.9 Å². The van der Waals surface area contributed by atoms with E-state index in [1.54, 1.807) is 0 Å². The van der Waals surface area contributed by atoms with Gasteiger partial charge < -0.3 is 23.7 Å². The third-order valence-electron chi connectivity index (χ3n) is 1.12. The molecule has 0 fully saturated rings. The van der Waals surface area contributed by atoms with E-state index in [1.807, 2.05) is 5.48 Å². The third-order valence-corrected chi connectivity index (χ3v) is 1.12. The van der Waals surface area contributed by atoms with Gasteiger partial charge in [0.1, 0.15) is 0 Å². The summed E-state index contributed by atoms with van der Waals surface area (Å²) >= 11 is 0. The van der Waals surface area contributed by atoms with E-state index in [2.05, 4.69) is 4.74 Å². The van der Waals surface area contributed by atoms with Gasteiger partial charge in [-0.15, -0.1) is 0 Å². The molecule has 0 aromatic heterocycles. The van der Waals surface area contributed by atoms with E-state index in [0.29, 0.717) is 13.0 Å². The maximum absolute atomic E-state index is 11.4. The summed E-state index contributed by atoms with van der Waals surface area (Å²) in [5.74, 6) is -2.76. The van der Waals surface area contributed by atoms with E-state index in [4.69, 9.17) is 15.1 Å². The van der Waals surface area contributed by atoms with Crippen molar-refractivity contribution in [3.05, 3.63) is 0 Å². The van der Waals surface area contributed by atoms with Crippen LogP contribution in [-0.4, -0.2) is 49.4 Å². The van der Waals surface area contributed by atoms with Crippen molar-refractivity contribution in [2.45, 2.75) is 12.6 Å². The molecule has 5 nitrogen and oxygen atoms in total. The van der Waals surface area contributed by atoms with E-state index < -0.39 is 25.9 Å². The molecule has 0 saturated carbocycles. The van der Waals surface area contributed by atoms with Gasteiger partial charge in [0, 0.05) is 13.2 Å². The minimum absolute atomic E-state index is 0. The van der Waals surface area contributed by atoms with Crippen LogP contribution in [0.2, 0.25) is 0 Å². The standard InChI is InChI=1S/C4H11BF2NO2.C2HF3O2.K/c6-5(7)4-10-3-1-2-8-9;3-2(4,5)1(6)7;/h5,8-9H,1-4H2;(H,6,7);/q-1;;+1. The summed E-state index contributed by atoms with van der Waals surface area (Å²) in [6, 6.07) is 0. The molecule has 0 spiro atoms. The summed E-state index contributed by atoms with van der Waals surface area (Å²) in [6.45, 7) is 0.203. The number of hydroxylamine groups is 1. The molecule has 0 unspecified atom stereocenters. The van der Waals surface area contributed by atoms with Crippen molar-refractivity contribution < 1.29 is 93.0 Å². The van der Waals surface area contributed by atoms with Gasteiger partial charge in [0.15, 0.2) is 0 Å². The number of carboxylic acid groups (broad SMARTS) is 1. The van der Waals surface area contributed by atoms with Crippen LogP contribution in [0.5, 0.6) is 0 Å². The number of ether oxygens (including phenoxy) is 1. The minimum Gasteiger partial charge on any atom is -0.478 e. The molecule has 0 aromatic rings. The molecule has 0 aliphatic rings. The second-order valence-corrected chi connectivity index (χ2v) is 2.66. The zero-order valence-corrected chi connectivity index (χ0v) is 12.8. The quantitative estimate of drug-likeness (QED) is 0.223. The zero-order valence-electron chi connectivity index (χ0n) is 9.64. The fraction of sp³-hybridized carbons (Fsp3) is 0.833. The average Bonchev–Trinajstić information content (AvgIpc) is 2.16. The summed E-state index contributed by atoms with van der Waals surface area (Å²) in [7, 11) is -3.08. The van der Waals surface area contributed by atoms with Gasteiger partial charge in [-0.2, -0.15) is 13.2 Å². The summed E-state index contributed by atoms with van der Waals surface area (Å²) in [5, 5.41) is 15.2. The molecular weight excluding hydrogens is 295 g/mol. The molecule has 104 valence electrons. The normalized spacial score (nSPS) is 10.4. The first-order chi connectivity index (χ1) is 7.71. The van der Waals surface area contributed by atoms with Crippen LogP contribution < -0.4 is 56.9 Å². The maximum Gasteiger partial charge on any atom is 1.00 e. The SMILES string of the molecule is O=C(O)C(F)(F)F.ONCCCOC[BH-](F)F.[K+]. The predicted octanol–water partition coefficient (Wildman–Crippen LogP) is -2.29. The van der Waals surface area contributed by atoms with Crippen molar-refractivity contribution in [2.75, 3.05) is 19.7 Å². The molecule has 0 amide bonds. The van der Waals surface area contributed by atoms with Crippen LogP contribution >= 0.6 is 0 Å². The zero-order chi connectivity index (χ0) is 13.9. The van der Waals surface area contributed by atoms with E-state index in [9.17, 15) is 21.8 Å². The molecule has 0 aliphatic heterocycles. The molecule has 18 heavy (non-hydrogen) atoms. The Kier molecular flexibility index (Phi) is 18.6. The summed E-state index contributed by atoms with van der Waals surface area (Å²) in [5.41, 5.74) is 1.90. The van der Waals surface area contributed by atoms with Crippen LogP contribution in [0.15, 0.2) is 0 Å². The van der Waals surface area contributed by atoms with E-state index in [1.165, 1.54) is 0 Å². The second kappa shape index (κ2) is 14.1. The minimum atomic E-state index is -5.08. The Morgan fingerprint density at radius 3 is 2.06 bits per heavy atom.